The number of rotatable bonds is 4. The van der Waals surface area contributed by atoms with Gasteiger partial charge >= 0.3 is 11.9 Å². The molecular weight excluding hydrogens is 208 g/mol. The molecule has 0 aliphatic carbocycles. The molecule has 0 saturated carbocycles. The quantitative estimate of drug-likeness (QED) is 0.476. The van der Waals surface area contributed by atoms with Gasteiger partial charge in [-0.3, -0.25) is 0 Å². The van der Waals surface area contributed by atoms with Crippen LogP contribution in [0.1, 0.15) is 5.56 Å². The van der Waals surface area contributed by atoms with E-state index in [0.29, 0.717) is 5.75 Å². The molecule has 0 aromatic heterocycles. The molecule has 82 valence electrons. The summed E-state index contributed by atoms with van der Waals surface area (Å²) in [5.74, 6) is -1.57. The number of carboxylic acid groups (broad SMARTS) is 1. The van der Waals surface area contributed by atoms with E-state index in [1.807, 2.05) is 0 Å². The van der Waals surface area contributed by atoms with Crippen LogP contribution in [0.15, 0.2) is 43.0 Å². The molecule has 0 aliphatic heterocycles. The predicted molar refractivity (Wildman–Crippen MR) is 58.9 cm³/mol. The second kappa shape index (κ2) is 5.50. The SMILES string of the molecule is C=Cc1ccc(OC(=O)C=CC(=O)O)cc1. The molecule has 0 aliphatic rings. The maximum atomic E-state index is 11.1. The van der Waals surface area contributed by atoms with E-state index in [0.717, 1.165) is 17.7 Å². The summed E-state index contributed by atoms with van der Waals surface area (Å²) < 4.78 is 4.84. The van der Waals surface area contributed by atoms with Crippen molar-refractivity contribution in [2.45, 2.75) is 0 Å². The fraction of sp³-hybridized carbons (Fsp3) is 0. The number of esters is 1. The van der Waals surface area contributed by atoms with Gasteiger partial charge in [0.1, 0.15) is 5.75 Å². The zero-order valence-corrected chi connectivity index (χ0v) is 8.42. The molecule has 0 bridgehead atoms. The van der Waals surface area contributed by atoms with Gasteiger partial charge in [0.2, 0.25) is 0 Å². The number of aliphatic carboxylic acids is 1. The van der Waals surface area contributed by atoms with E-state index in [1.165, 1.54) is 0 Å². The fourth-order valence-corrected chi connectivity index (χ4v) is 0.961. The van der Waals surface area contributed by atoms with Crippen molar-refractivity contribution in [2.24, 2.45) is 0 Å². The highest BCUT2D eigenvalue weighted by Crippen LogP contribution is 2.12. The third kappa shape index (κ3) is 3.79. The van der Waals surface area contributed by atoms with Crippen molar-refractivity contribution in [3.05, 3.63) is 48.6 Å². The summed E-state index contributed by atoms with van der Waals surface area (Å²) in [7, 11) is 0. The van der Waals surface area contributed by atoms with Crippen LogP contribution in [0.3, 0.4) is 0 Å². The Bertz CT molecular complexity index is 429. The molecule has 0 saturated heterocycles. The van der Waals surface area contributed by atoms with Gasteiger partial charge in [0.25, 0.3) is 0 Å². The first-order chi connectivity index (χ1) is 7.61. The maximum absolute atomic E-state index is 11.1. The molecule has 4 nitrogen and oxygen atoms in total. The summed E-state index contributed by atoms with van der Waals surface area (Å²) in [6.45, 7) is 3.59. The van der Waals surface area contributed by atoms with E-state index in [1.54, 1.807) is 30.3 Å². The van der Waals surface area contributed by atoms with Crippen LogP contribution in [0.25, 0.3) is 6.08 Å². The van der Waals surface area contributed by atoms with Crippen LogP contribution in [-0.2, 0) is 9.59 Å². The first-order valence-corrected chi connectivity index (χ1v) is 4.47. The Labute approximate surface area is 92.5 Å². The molecule has 1 N–H and O–H groups in total. The minimum atomic E-state index is -1.20. The Morgan fingerprint density at radius 1 is 1.19 bits per heavy atom. The van der Waals surface area contributed by atoms with Gasteiger partial charge in [-0.1, -0.05) is 24.8 Å². The summed E-state index contributed by atoms with van der Waals surface area (Å²) >= 11 is 0. The van der Waals surface area contributed by atoms with Crippen LogP contribution in [0.2, 0.25) is 0 Å². The van der Waals surface area contributed by atoms with Gasteiger partial charge in [-0.15, -0.1) is 0 Å². The average Bonchev–Trinajstić information content (AvgIpc) is 2.27. The van der Waals surface area contributed by atoms with Crippen LogP contribution in [0.4, 0.5) is 0 Å². The van der Waals surface area contributed by atoms with Crippen LogP contribution < -0.4 is 4.74 Å². The van der Waals surface area contributed by atoms with Crippen LogP contribution in [0.5, 0.6) is 5.75 Å². The number of carbonyl (C=O) groups excluding carboxylic acids is 1. The summed E-state index contributed by atoms with van der Waals surface area (Å²) in [4.78, 5) is 21.2. The predicted octanol–water partition coefficient (Wildman–Crippen LogP) is 1.88. The molecule has 16 heavy (non-hydrogen) atoms. The van der Waals surface area contributed by atoms with Crippen LogP contribution in [0, 0.1) is 0 Å². The molecule has 0 radical (unpaired) electrons. The molecule has 4 heteroatoms. The number of benzene rings is 1. The topological polar surface area (TPSA) is 63.6 Å². The zero-order chi connectivity index (χ0) is 12.0. The minimum Gasteiger partial charge on any atom is -0.478 e. The van der Waals surface area contributed by atoms with Crippen LogP contribution >= 0.6 is 0 Å². The molecule has 1 rings (SSSR count). The van der Waals surface area contributed by atoms with Gasteiger partial charge in [-0.25, -0.2) is 9.59 Å². The lowest BCUT2D eigenvalue weighted by Crippen LogP contribution is -2.04. The standard InChI is InChI=1S/C12H10O4/c1-2-9-3-5-10(6-4-9)16-12(15)8-7-11(13)14/h2-8H,1H2,(H,13,14). The van der Waals surface area contributed by atoms with Crippen molar-refractivity contribution >= 4 is 18.0 Å². The van der Waals surface area contributed by atoms with E-state index in [4.69, 9.17) is 9.84 Å². The van der Waals surface area contributed by atoms with Gasteiger partial charge in [-0.05, 0) is 17.7 Å². The Kier molecular flexibility index (Phi) is 4.03. The van der Waals surface area contributed by atoms with E-state index >= 15 is 0 Å². The van der Waals surface area contributed by atoms with E-state index in [9.17, 15) is 9.59 Å². The van der Waals surface area contributed by atoms with Gasteiger partial charge in [0, 0.05) is 12.2 Å². The summed E-state index contributed by atoms with van der Waals surface area (Å²) in [5.41, 5.74) is 0.904. The lowest BCUT2D eigenvalue weighted by Gasteiger charge is -2.00. The zero-order valence-electron chi connectivity index (χ0n) is 8.42. The van der Waals surface area contributed by atoms with Crippen molar-refractivity contribution in [3.63, 3.8) is 0 Å². The Balaban J connectivity index is 2.62. The molecule has 1 aromatic carbocycles. The summed E-state index contributed by atoms with van der Waals surface area (Å²) in [6, 6.07) is 6.67. The van der Waals surface area contributed by atoms with Crippen molar-refractivity contribution in [1.82, 2.24) is 0 Å². The minimum absolute atomic E-state index is 0.352. The third-order valence-corrected chi connectivity index (χ3v) is 1.70. The third-order valence-electron chi connectivity index (χ3n) is 1.70. The fourth-order valence-electron chi connectivity index (χ4n) is 0.961. The summed E-state index contributed by atoms with van der Waals surface area (Å²) in [6.07, 6.45) is 3.24. The average molecular weight is 218 g/mol. The first kappa shape index (κ1) is 11.7. The van der Waals surface area contributed by atoms with E-state index in [2.05, 4.69) is 6.58 Å². The highest BCUT2D eigenvalue weighted by Gasteiger charge is 2.00. The van der Waals surface area contributed by atoms with Gasteiger partial charge in [-0.2, -0.15) is 0 Å². The lowest BCUT2D eigenvalue weighted by atomic mass is 10.2. The molecule has 0 spiro atoms. The lowest BCUT2D eigenvalue weighted by molar-refractivity contribution is -0.133. The molecule has 0 atom stereocenters. The second-order valence-corrected chi connectivity index (χ2v) is 2.87. The molecule has 0 heterocycles. The number of hydrogen-bond acceptors (Lipinski definition) is 3. The molecule has 0 amide bonds. The monoisotopic (exact) mass is 218 g/mol. The van der Waals surface area contributed by atoms with Gasteiger partial charge < -0.3 is 9.84 Å². The Hall–Kier alpha value is -2.36. The molecule has 0 fully saturated rings. The van der Waals surface area contributed by atoms with Crippen molar-refractivity contribution in [2.75, 3.05) is 0 Å². The normalized spacial score (nSPS) is 10.0. The number of carbonyl (C=O) groups is 2. The maximum Gasteiger partial charge on any atom is 0.336 e. The highest BCUT2D eigenvalue weighted by molar-refractivity contribution is 5.91. The second-order valence-electron chi connectivity index (χ2n) is 2.87. The van der Waals surface area contributed by atoms with E-state index < -0.39 is 11.9 Å². The highest BCUT2D eigenvalue weighted by atomic mass is 16.5. The van der Waals surface area contributed by atoms with Crippen LogP contribution in [-0.4, -0.2) is 17.0 Å². The molecule has 0 unspecified atom stereocenters. The van der Waals surface area contributed by atoms with Gasteiger partial charge in [0.05, 0.1) is 0 Å². The van der Waals surface area contributed by atoms with Gasteiger partial charge in [0.15, 0.2) is 0 Å². The van der Waals surface area contributed by atoms with Crippen molar-refractivity contribution in [3.8, 4) is 5.75 Å². The van der Waals surface area contributed by atoms with Crippen molar-refractivity contribution in [1.29, 1.82) is 0 Å². The Morgan fingerprint density at radius 3 is 2.31 bits per heavy atom. The number of carboxylic acids is 1. The molecular formula is C12H10O4. The van der Waals surface area contributed by atoms with E-state index in [-0.39, 0.29) is 0 Å². The number of hydrogen-bond donors (Lipinski definition) is 1. The first-order valence-electron chi connectivity index (χ1n) is 4.47. The summed E-state index contributed by atoms with van der Waals surface area (Å²) in [5, 5.41) is 8.29. The van der Waals surface area contributed by atoms with Crippen molar-refractivity contribution < 1.29 is 19.4 Å². The smallest absolute Gasteiger partial charge is 0.336 e. The number of ether oxygens (including phenoxy) is 1. The largest absolute Gasteiger partial charge is 0.478 e. The molecule has 1 aromatic rings. The Morgan fingerprint density at radius 2 is 1.81 bits per heavy atom.